The van der Waals surface area contributed by atoms with Crippen molar-refractivity contribution in [1.29, 1.82) is 0 Å². The summed E-state index contributed by atoms with van der Waals surface area (Å²) in [6, 6.07) is 21.8. The van der Waals surface area contributed by atoms with Crippen LogP contribution in [0, 0.1) is 0 Å². The standard InChI is InChI=1S/C28H29Br2ClN2O3/c1-28(2,3)32-27(35)24(15-19-7-5-4-6-8-19)33(17-20-9-11-21(29)12-10-20)26(34)18-36-25-14-13-22(30)16-23(25)31/h4-14,16,24H,15,17-18H2,1-3H3,(H,32,35)/t24-/m1/s1. The highest BCUT2D eigenvalue weighted by molar-refractivity contribution is 9.10. The second kappa shape index (κ2) is 12.7. The average molecular weight is 637 g/mol. The molecule has 5 nitrogen and oxygen atoms in total. The molecule has 0 aliphatic carbocycles. The highest BCUT2D eigenvalue weighted by atomic mass is 79.9. The molecule has 0 aromatic heterocycles. The SMILES string of the molecule is CC(C)(C)NC(=O)[C@@H](Cc1ccccc1)N(Cc1ccc(Br)cc1)C(=O)COc1ccc(Br)cc1Cl. The summed E-state index contributed by atoms with van der Waals surface area (Å²) in [5.41, 5.74) is 1.40. The molecule has 190 valence electrons. The van der Waals surface area contributed by atoms with E-state index in [1.54, 1.807) is 23.1 Å². The number of carbonyl (C=O) groups excluding carboxylic acids is 2. The highest BCUT2D eigenvalue weighted by Gasteiger charge is 2.32. The van der Waals surface area contributed by atoms with E-state index in [1.165, 1.54) is 0 Å². The van der Waals surface area contributed by atoms with Crippen LogP contribution < -0.4 is 10.1 Å². The molecule has 0 saturated heterocycles. The number of hydrogen-bond acceptors (Lipinski definition) is 3. The van der Waals surface area contributed by atoms with Crippen molar-refractivity contribution < 1.29 is 14.3 Å². The van der Waals surface area contributed by atoms with Gasteiger partial charge in [0.1, 0.15) is 11.8 Å². The Labute approximate surface area is 234 Å². The Morgan fingerprint density at radius 1 is 0.944 bits per heavy atom. The van der Waals surface area contributed by atoms with Crippen LogP contribution in [0.4, 0.5) is 0 Å². The van der Waals surface area contributed by atoms with Crippen molar-refractivity contribution >= 4 is 55.3 Å². The van der Waals surface area contributed by atoms with E-state index >= 15 is 0 Å². The first kappa shape index (κ1) is 28.2. The van der Waals surface area contributed by atoms with Crippen molar-refractivity contribution in [3.05, 3.63) is 97.9 Å². The Morgan fingerprint density at radius 2 is 1.58 bits per heavy atom. The Balaban J connectivity index is 1.93. The lowest BCUT2D eigenvalue weighted by atomic mass is 10.0. The smallest absolute Gasteiger partial charge is 0.261 e. The number of benzene rings is 3. The number of amides is 2. The van der Waals surface area contributed by atoms with Crippen LogP contribution >= 0.6 is 43.5 Å². The van der Waals surface area contributed by atoms with Gasteiger partial charge in [0.05, 0.1) is 5.02 Å². The number of nitrogens with one attached hydrogen (secondary N) is 1. The first-order chi connectivity index (χ1) is 17.0. The molecule has 0 unspecified atom stereocenters. The quantitative estimate of drug-likeness (QED) is 0.281. The topological polar surface area (TPSA) is 58.6 Å². The number of nitrogens with zero attached hydrogens (tertiary/aromatic N) is 1. The largest absolute Gasteiger partial charge is 0.482 e. The van der Waals surface area contributed by atoms with Gasteiger partial charge in [0.15, 0.2) is 6.61 Å². The zero-order valence-corrected chi connectivity index (χ0v) is 24.4. The van der Waals surface area contributed by atoms with Gasteiger partial charge in [-0.1, -0.05) is 85.9 Å². The Morgan fingerprint density at radius 3 is 2.19 bits per heavy atom. The molecule has 3 aromatic carbocycles. The van der Waals surface area contributed by atoms with E-state index in [4.69, 9.17) is 16.3 Å². The van der Waals surface area contributed by atoms with E-state index in [9.17, 15) is 9.59 Å². The third-order valence-corrected chi connectivity index (χ3v) is 6.60. The van der Waals surface area contributed by atoms with Crippen molar-refractivity contribution in [2.75, 3.05) is 6.61 Å². The summed E-state index contributed by atoms with van der Waals surface area (Å²) in [5.74, 6) is -0.143. The molecule has 0 saturated carbocycles. The number of hydrogen-bond donors (Lipinski definition) is 1. The Kier molecular flexibility index (Phi) is 10.00. The van der Waals surface area contributed by atoms with Crippen molar-refractivity contribution in [2.24, 2.45) is 0 Å². The summed E-state index contributed by atoms with van der Waals surface area (Å²) >= 11 is 13.1. The van der Waals surface area contributed by atoms with Gasteiger partial charge in [-0.05, 0) is 62.2 Å². The first-order valence-corrected chi connectivity index (χ1v) is 13.5. The van der Waals surface area contributed by atoms with Crippen molar-refractivity contribution in [3.8, 4) is 5.75 Å². The molecule has 8 heteroatoms. The molecule has 3 aromatic rings. The fourth-order valence-electron chi connectivity index (χ4n) is 3.61. The van der Waals surface area contributed by atoms with Crippen molar-refractivity contribution in [3.63, 3.8) is 0 Å². The van der Waals surface area contributed by atoms with Crippen LogP contribution in [-0.4, -0.2) is 34.9 Å². The van der Waals surface area contributed by atoms with E-state index < -0.39 is 11.6 Å². The molecular weight excluding hydrogens is 608 g/mol. The van der Waals surface area contributed by atoms with E-state index in [2.05, 4.69) is 37.2 Å². The van der Waals surface area contributed by atoms with Gasteiger partial charge in [-0.15, -0.1) is 0 Å². The van der Waals surface area contributed by atoms with Crippen LogP contribution in [0.2, 0.25) is 5.02 Å². The normalized spacial score (nSPS) is 12.1. The van der Waals surface area contributed by atoms with Crippen LogP contribution in [0.25, 0.3) is 0 Å². The maximum atomic E-state index is 13.6. The van der Waals surface area contributed by atoms with E-state index in [-0.39, 0.29) is 25.0 Å². The number of carbonyl (C=O) groups is 2. The molecule has 0 aliphatic heterocycles. The van der Waals surface area contributed by atoms with Gasteiger partial charge in [-0.25, -0.2) is 0 Å². The molecule has 36 heavy (non-hydrogen) atoms. The number of rotatable bonds is 9. The molecule has 1 N–H and O–H groups in total. The molecule has 2 amide bonds. The van der Waals surface area contributed by atoms with Gasteiger partial charge < -0.3 is 15.0 Å². The van der Waals surface area contributed by atoms with Crippen molar-refractivity contribution in [2.45, 2.75) is 45.3 Å². The zero-order chi connectivity index (χ0) is 26.3. The predicted octanol–water partition coefficient (Wildman–Crippen LogP) is 6.80. The summed E-state index contributed by atoms with van der Waals surface area (Å²) in [7, 11) is 0. The van der Waals surface area contributed by atoms with Gasteiger partial charge in [0.25, 0.3) is 5.91 Å². The van der Waals surface area contributed by atoms with Crippen LogP contribution in [0.3, 0.4) is 0 Å². The Hall–Kier alpha value is -2.35. The minimum Gasteiger partial charge on any atom is -0.482 e. The third kappa shape index (κ3) is 8.64. The van der Waals surface area contributed by atoms with Gasteiger partial charge in [-0.2, -0.15) is 0 Å². The van der Waals surface area contributed by atoms with E-state index in [1.807, 2.05) is 75.4 Å². The summed E-state index contributed by atoms with van der Waals surface area (Å²) < 4.78 is 7.53. The summed E-state index contributed by atoms with van der Waals surface area (Å²) in [4.78, 5) is 28.8. The molecule has 3 rings (SSSR count). The third-order valence-electron chi connectivity index (χ3n) is 5.28. The van der Waals surface area contributed by atoms with Crippen LogP contribution in [0.5, 0.6) is 5.75 Å². The lowest BCUT2D eigenvalue weighted by molar-refractivity contribution is -0.143. The summed E-state index contributed by atoms with van der Waals surface area (Å²) in [5, 5.41) is 3.44. The van der Waals surface area contributed by atoms with Crippen LogP contribution in [-0.2, 0) is 22.6 Å². The lowest BCUT2D eigenvalue weighted by Crippen LogP contribution is -2.55. The van der Waals surface area contributed by atoms with E-state index in [0.717, 1.165) is 20.1 Å². The minimum absolute atomic E-state index is 0.224. The lowest BCUT2D eigenvalue weighted by Gasteiger charge is -2.33. The summed E-state index contributed by atoms with van der Waals surface area (Å²) in [6.07, 6.45) is 0.365. The average Bonchev–Trinajstić information content (AvgIpc) is 2.81. The summed E-state index contributed by atoms with van der Waals surface area (Å²) in [6.45, 7) is 5.75. The number of halogens is 3. The fraction of sp³-hybridized carbons (Fsp3) is 0.286. The predicted molar refractivity (Wildman–Crippen MR) is 151 cm³/mol. The molecule has 0 aliphatic rings. The van der Waals surface area contributed by atoms with Crippen LogP contribution in [0.1, 0.15) is 31.9 Å². The second-order valence-electron chi connectivity index (χ2n) is 9.46. The molecule has 0 radical (unpaired) electrons. The second-order valence-corrected chi connectivity index (χ2v) is 11.7. The monoisotopic (exact) mass is 634 g/mol. The molecule has 0 spiro atoms. The molecule has 0 fully saturated rings. The maximum absolute atomic E-state index is 13.6. The first-order valence-electron chi connectivity index (χ1n) is 11.5. The minimum atomic E-state index is -0.744. The Bertz CT molecular complexity index is 1180. The van der Waals surface area contributed by atoms with Crippen molar-refractivity contribution in [1.82, 2.24) is 10.2 Å². The zero-order valence-electron chi connectivity index (χ0n) is 20.4. The van der Waals surface area contributed by atoms with Gasteiger partial charge >= 0.3 is 0 Å². The molecule has 0 heterocycles. The molecule has 0 bridgehead atoms. The fourth-order valence-corrected chi connectivity index (χ4v) is 4.60. The van der Waals surface area contributed by atoms with Crippen LogP contribution in [0.15, 0.2) is 81.7 Å². The maximum Gasteiger partial charge on any atom is 0.261 e. The van der Waals surface area contributed by atoms with Gasteiger partial charge in [0.2, 0.25) is 5.91 Å². The highest BCUT2D eigenvalue weighted by Crippen LogP contribution is 2.28. The molecular formula is C28H29Br2ClN2O3. The molecule has 1 atom stereocenters. The van der Waals surface area contributed by atoms with Gasteiger partial charge in [0, 0.05) is 27.4 Å². The van der Waals surface area contributed by atoms with Gasteiger partial charge in [-0.3, -0.25) is 9.59 Å². The number of ether oxygens (including phenoxy) is 1. The van der Waals surface area contributed by atoms with E-state index in [0.29, 0.717) is 17.2 Å².